The molecular formula is C20H23ClN2O3. The number of hydrogen-bond acceptors (Lipinski definition) is 3. The largest absolute Gasteiger partial charge is 0.497 e. The van der Waals surface area contributed by atoms with E-state index in [0.29, 0.717) is 18.1 Å². The third-order valence-corrected chi connectivity index (χ3v) is 4.54. The highest BCUT2D eigenvalue weighted by Crippen LogP contribution is 2.16. The molecule has 0 aliphatic rings. The van der Waals surface area contributed by atoms with E-state index in [2.05, 4.69) is 5.32 Å². The van der Waals surface area contributed by atoms with Crippen molar-refractivity contribution >= 4 is 23.4 Å². The van der Waals surface area contributed by atoms with Gasteiger partial charge >= 0.3 is 0 Å². The number of ether oxygens (including phenoxy) is 1. The van der Waals surface area contributed by atoms with Crippen molar-refractivity contribution in [2.45, 2.75) is 33.0 Å². The maximum Gasteiger partial charge on any atom is 0.242 e. The zero-order valence-corrected chi connectivity index (χ0v) is 15.9. The Morgan fingerprint density at radius 1 is 1.15 bits per heavy atom. The standard InChI is InChI=1S/C20H23ClN2O3/c1-14(20(25)22-12-17-6-4-5-7-19(17)21)23(15(2)24)13-16-8-10-18(26-3)11-9-16/h4-11,14H,12-13H2,1-3H3,(H,22,25)/t14-/m0/s1. The van der Waals surface area contributed by atoms with Crippen molar-refractivity contribution in [1.82, 2.24) is 10.2 Å². The van der Waals surface area contributed by atoms with Crippen molar-refractivity contribution in [3.05, 3.63) is 64.7 Å². The van der Waals surface area contributed by atoms with Crippen LogP contribution in [0.4, 0.5) is 0 Å². The van der Waals surface area contributed by atoms with Crippen LogP contribution in [-0.4, -0.2) is 29.9 Å². The lowest BCUT2D eigenvalue weighted by molar-refractivity contribution is -0.139. The summed E-state index contributed by atoms with van der Waals surface area (Å²) in [5.74, 6) is 0.350. The maximum atomic E-state index is 12.5. The van der Waals surface area contributed by atoms with Crippen molar-refractivity contribution in [2.75, 3.05) is 7.11 Å². The highest BCUT2D eigenvalue weighted by Gasteiger charge is 2.23. The number of benzene rings is 2. The minimum atomic E-state index is -0.600. The summed E-state index contributed by atoms with van der Waals surface area (Å²) in [4.78, 5) is 26.1. The van der Waals surface area contributed by atoms with Crippen molar-refractivity contribution in [1.29, 1.82) is 0 Å². The third-order valence-electron chi connectivity index (χ3n) is 4.17. The van der Waals surface area contributed by atoms with Crippen LogP contribution < -0.4 is 10.1 Å². The second kappa shape index (κ2) is 9.25. The van der Waals surface area contributed by atoms with E-state index in [4.69, 9.17) is 16.3 Å². The fourth-order valence-corrected chi connectivity index (χ4v) is 2.76. The Morgan fingerprint density at radius 3 is 2.38 bits per heavy atom. The minimum Gasteiger partial charge on any atom is -0.497 e. The summed E-state index contributed by atoms with van der Waals surface area (Å²) in [6.07, 6.45) is 0. The Balaban J connectivity index is 2.02. The molecule has 0 aromatic heterocycles. The van der Waals surface area contributed by atoms with E-state index in [1.807, 2.05) is 42.5 Å². The monoisotopic (exact) mass is 374 g/mol. The molecule has 0 saturated carbocycles. The van der Waals surface area contributed by atoms with Gasteiger partial charge in [-0.25, -0.2) is 0 Å². The van der Waals surface area contributed by atoms with Gasteiger partial charge in [-0.3, -0.25) is 9.59 Å². The average Bonchev–Trinajstić information content (AvgIpc) is 2.65. The zero-order chi connectivity index (χ0) is 19.1. The molecule has 0 aliphatic carbocycles. The summed E-state index contributed by atoms with van der Waals surface area (Å²) < 4.78 is 5.14. The number of carbonyl (C=O) groups is 2. The molecule has 0 unspecified atom stereocenters. The van der Waals surface area contributed by atoms with Gasteiger partial charge in [-0.2, -0.15) is 0 Å². The first-order valence-electron chi connectivity index (χ1n) is 8.33. The van der Waals surface area contributed by atoms with Crippen LogP contribution in [0.5, 0.6) is 5.75 Å². The van der Waals surface area contributed by atoms with E-state index in [9.17, 15) is 9.59 Å². The van der Waals surface area contributed by atoms with E-state index in [1.54, 1.807) is 20.1 Å². The Hall–Kier alpha value is -2.53. The summed E-state index contributed by atoms with van der Waals surface area (Å²) in [6.45, 7) is 3.84. The molecular weight excluding hydrogens is 352 g/mol. The van der Waals surface area contributed by atoms with Crippen LogP contribution in [0.1, 0.15) is 25.0 Å². The van der Waals surface area contributed by atoms with Gasteiger partial charge in [0.2, 0.25) is 11.8 Å². The average molecular weight is 375 g/mol. The molecule has 26 heavy (non-hydrogen) atoms. The lowest BCUT2D eigenvalue weighted by Crippen LogP contribution is -2.46. The van der Waals surface area contributed by atoms with Crippen molar-refractivity contribution in [3.63, 3.8) is 0 Å². The molecule has 0 saturated heterocycles. The summed E-state index contributed by atoms with van der Waals surface area (Å²) in [5, 5.41) is 3.44. The van der Waals surface area contributed by atoms with Gasteiger partial charge in [-0.05, 0) is 36.2 Å². The Morgan fingerprint density at radius 2 is 1.81 bits per heavy atom. The second-order valence-corrected chi connectivity index (χ2v) is 6.39. The minimum absolute atomic E-state index is 0.166. The Kier molecular flexibility index (Phi) is 7.04. The molecule has 0 heterocycles. The summed E-state index contributed by atoms with van der Waals surface area (Å²) >= 11 is 6.11. The highest BCUT2D eigenvalue weighted by atomic mass is 35.5. The molecule has 0 bridgehead atoms. The van der Waals surface area contributed by atoms with Crippen LogP contribution in [0, 0.1) is 0 Å². The van der Waals surface area contributed by atoms with Crippen molar-refractivity contribution in [3.8, 4) is 5.75 Å². The van der Waals surface area contributed by atoms with Gasteiger partial charge in [0, 0.05) is 25.0 Å². The SMILES string of the molecule is COc1ccc(CN(C(C)=O)[C@@H](C)C(=O)NCc2ccccc2Cl)cc1. The van der Waals surface area contributed by atoms with Crippen LogP contribution in [0.25, 0.3) is 0 Å². The van der Waals surface area contributed by atoms with Crippen LogP contribution >= 0.6 is 11.6 Å². The predicted molar refractivity (Wildman–Crippen MR) is 102 cm³/mol. The lowest BCUT2D eigenvalue weighted by atomic mass is 10.1. The molecule has 0 radical (unpaired) electrons. The number of methoxy groups -OCH3 is 1. The summed E-state index contributed by atoms with van der Waals surface area (Å²) in [6, 6.07) is 14.1. The molecule has 2 rings (SSSR count). The van der Waals surface area contributed by atoms with Gasteiger partial charge in [-0.15, -0.1) is 0 Å². The number of nitrogens with zero attached hydrogens (tertiary/aromatic N) is 1. The predicted octanol–water partition coefficient (Wildman–Crippen LogP) is 3.40. The van der Waals surface area contributed by atoms with Crippen LogP contribution in [-0.2, 0) is 22.7 Å². The maximum absolute atomic E-state index is 12.5. The van der Waals surface area contributed by atoms with Crippen LogP contribution in [0.2, 0.25) is 5.02 Å². The van der Waals surface area contributed by atoms with Gasteiger partial charge in [-0.1, -0.05) is 41.9 Å². The smallest absolute Gasteiger partial charge is 0.242 e. The van der Waals surface area contributed by atoms with Crippen LogP contribution in [0.3, 0.4) is 0 Å². The summed E-state index contributed by atoms with van der Waals surface area (Å²) in [7, 11) is 1.60. The topological polar surface area (TPSA) is 58.6 Å². The number of amides is 2. The molecule has 0 fully saturated rings. The van der Waals surface area contributed by atoms with E-state index >= 15 is 0 Å². The van der Waals surface area contributed by atoms with Gasteiger partial charge in [0.1, 0.15) is 11.8 Å². The number of rotatable bonds is 7. The van der Waals surface area contributed by atoms with E-state index in [0.717, 1.165) is 16.9 Å². The molecule has 138 valence electrons. The van der Waals surface area contributed by atoms with Crippen molar-refractivity contribution < 1.29 is 14.3 Å². The van der Waals surface area contributed by atoms with Gasteiger partial charge in [0.05, 0.1) is 7.11 Å². The number of nitrogens with one attached hydrogen (secondary N) is 1. The molecule has 1 N–H and O–H groups in total. The number of halogens is 1. The quantitative estimate of drug-likeness (QED) is 0.808. The number of hydrogen-bond donors (Lipinski definition) is 1. The van der Waals surface area contributed by atoms with E-state index < -0.39 is 6.04 Å². The first kappa shape index (κ1) is 19.8. The van der Waals surface area contributed by atoms with Gasteiger partial charge in [0.15, 0.2) is 0 Å². The third kappa shape index (κ3) is 5.23. The van der Waals surface area contributed by atoms with Gasteiger partial charge < -0.3 is 15.0 Å². The van der Waals surface area contributed by atoms with Gasteiger partial charge in [0.25, 0.3) is 0 Å². The van der Waals surface area contributed by atoms with E-state index in [1.165, 1.54) is 11.8 Å². The molecule has 2 amide bonds. The first-order valence-corrected chi connectivity index (χ1v) is 8.71. The molecule has 6 heteroatoms. The second-order valence-electron chi connectivity index (χ2n) is 5.98. The fraction of sp³-hybridized carbons (Fsp3) is 0.300. The highest BCUT2D eigenvalue weighted by molar-refractivity contribution is 6.31. The molecule has 0 aliphatic heterocycles. The normalized spacial score (nSPS) is 11.5. The molecule has 1 atom stereocenters. The van der Waals surface area contributed by atoms with Crippen LogP contribution in [0.15, 0.2) is 48.5 Å². The molecule has 0 spiro atoms. The van der Waals surface area contributed by atoms with Crippen molar-refractivity contribution in [2.24, 2.45) is 0 Å². The zero-order valence-electron chi connectivity index (χ0n) is 15.2. The summed E-state index contributed by atoms with van der Waals surface area (Å²) in [5.41, 5.74) is 1.76. The Bertz CT molecular complexity index is 762. The Labute approximate surface area is 158 Å². The molecule has 5 nitrogen and oxygen atoms in total. The number of carbonyl (C=O) groups excluding carboxylic acids is 2. The van der Waals surface area contributed by atoms with E-state index in [-0.39, 0.29) is 11.8 Å². The molecule has 2 aromatic rings. The lowest BCUT2D eigenvalue weighted by Gasteiger charge is -2.27. The molecule has 2 aromatic carbocycles. The first-order chi connectivity index (χ1) is 12.4. The fourth-order valence-electron chi connectivity index (χ4n) is 2.56.